The van der Waals surface area contributed by atoms with Gasteiger partial charge in [-0.15, -0.1) is 0 Å². The largest absolute Gasteiger partial charge is 0.456 e. The lowest BCUT2D eigenvalue weighted by molar-refractivity contribution is -0.147. The van der Waals surface area contributed by atoms with Gasteiger partial charge in [-0.2, -0.15) is 4.31 Å². The summed E-state index contributed by atoms with van der Waals surface area (Å²) in [5, 5.41) is 2.63. The van der Waals surface area contributed by atoms with Gasteiger partial charge in [-0.3, -0.25) is 9.59 Å². The van der Waals surface area contributed by atoms with Crippen LogP contribution in [-0.4, -0.2) is 44.3 Å². The van der Waals surface area contributed by atoms with E-state index in [2.05, 4.69) is 5.32 Å². The first-order valence-electron chi connectivity index (χ1n) is 10.5. The highest BCUT2D eigenvalue weighted by atomic mass is 32.2. The molecule has 0 spiro atoms. The van der Waals surface area contributed by atoms with Crippen LogP contribution in [0.2, 0.25) is 0 Å². The van der Waals surface area contributed by atoms with E-state index in [0.717, 1.165) is 19.3 Å². The smallest absolute Gasteiger partial charge is 0.306 e. The Bertz CT molecular complexity index is 795. The Morgan fingerprint density at radius 2 is 1.66 bits per heavy atom. The number of benzene rings is 1. The highest BCUT2D eigenvalue weighted by Gasteiger charge is 2.27. The van der Waals surface area contributed by atoms with Crippen molar-refractivity contribution >= 4 is 27.6 Å². The summed E-state index contributed by atoms with van der Waals surface area (Å²) >= 11 is 0. The molecule has 2 fully saturated rings. The Morgan fingerprint density at radius 3 is 2.31 bits per heavy atom. The molecule has 0 atom stereocenters. The van der Waals surface area contributed by atoms with Gasteiger partial charge in [0.15, 0.2) is 6.61 Å². The molecule has 160 valence electrons. The maximum absolute atomic E-state index is 12.5. The number of rotatable bonds is 8. The van der Waals surface area contributed by atoms with Gasteiger partial charge in [0, 0.05) is 25.2 Å². The summed E-state index contributed by atoms with van der Waals surface area (Å²) in [5.74, 6) is -0.190. The van der Waals surface area contributed by atoms with Gasteiger partial charge in [0.05, 0.1) is 4.90 Å². The first-order chi connectivity index (χ1) is 13.9. The lowest BCUT2D eigenvalue weighted by atomic mass is 9.86. The van der Waals surface area contributed by atoms with Crippen LogP contribution in [-0.2, 0) is 24.3 Å². The number of anilines is 1. The molecule has 7 nitrogen and oxygen atoms in total. The van der Waals surface area contributed by atoms with Gasteiger partial charge >= 0.3 is 5.97 Å². The van der Waals surface area contributed by atoms with Crippen molar-refractivity contribution in [3.63, 3.8) is 0 Å². The molecule has 3 rings (SSSR count). The molecule has 1 aliphatic carbocycles. The molecule has 1 aliphatic heterocycles. The number of nitrogens with one attached hydrogen (secondary N) is 1. The Morgan fingerprint density at radius 1 is 1.00 bits per heavy atom. The van der Waals surface area contributed by atoms with Crippen LogP contribution in [0, 0.1) is 5.92 Å². The maximum atomic E-state index is 12.5. The number of hydrogen-bond acceptors (Lipinski definition) is 5. The van der Waals surface area contributed by atoms with Crippen LogP contribution in [0.5, 0.6) is 0 Å². The summed E-state index contributed by atoms with van der Waals surface area (Å²) in [6.45, 7) is 0.761. The summed E-state index contributed by atoms with van der Waals surface area (Å²) in [7, 11) is -3.47. The molecule has 0 aromatic heterocycles. The van der Waals surface area contributed by atoms with Crippen LogP contribution in [0.3, 0.4) is 0 Å². The zero-order chi connectivity index (χ0) is 20.7. The Balaban J connectivity index is 1.41. The number of ether oxygens (including phenoxy) is 1. The van der Waals surface area contributed by atoms with Crippen molar-refractivity contribution in [1.29, 1.82) is 0 Å². The fourth-order valence-corrected chi connectivity index (χ4v) is 5.52. The molecule has 29 heavy (non-hydrogen) atoms. The molecule has 2 aliphatic rings. The minimum atomic E-state index is -3.47. The fourth-order valence-electron chi connectivity index (χ4n) is 4.00. The number of esters is 1. The highest BCUT2D eigenvalue weighted by molar-refractivity contribution is 7.89. The lowest BCUT2D eigenvalue weighted by Crippen LogP contribution is -2.27. The first-order valence-corrected chi connectivity index (χ1v) is 11.9. The third-order valence-electron chi connectivity index (χ3n) is 5.69. The zero-order valence-corrected chi connectivity index (χ0v) is 17.6. The van der Waals surface area contributed by atoms with Crippen molar-refractivity contribution in [3.8, 4) is 0 Å². The number of carbonyl (C=O) groups excluding carboxylic acids is 2. The second-order valence-corrected chi connectivity index (χ2v) is 9.83. The van der Waals surface area contributed by atoms with E-state index < -0.39 is 15.9 Å². The van der Waals surface area contributed by atoms with Gasteiger partial charge in [0.2, 0.25) is 10.0 Å². The normalized spacial score (nSPS) is 18.5. The third kappa shape index (κ3) is 6.27. The van der Waals surface area contributed by atoms with E-state index in [1.54, 1.807) is 12.1 Å². The summed E-state index contributed by atoms with van der Waals surface area (Å²) in [5.41, 5.74) is 0.466. The molecule has 1 aromatic rings. The van der Waals surface area contributed by atoms with Crippen molar-refractivity contribution < 1.29 is 22.7 Å². The van der Waals surface area contributed by atoms with Crippen LogP contribution in [0.25, 0.3) is 0 Å². The summed E-state index contributed by atoms with van der Waals surface area (Å²) in [6, 6.07) is 6.07. The van der Waals surface area contributed by atoms with Crippen molar-refractivity contribution in [3.05, 3.63) is 24.3 Å². The molecule has 1 amide bonds. The van der Waals surface area contributed by atoms with E-state index >= 15 is 0 Å². The van der Waals surface area contributed by atoms with Gasteiger partial charge in [-0.1, -0.05) is 32.1 Å². The summed E-state index contributed by atoms with van der Waals surface area (Å²) in [4.78, 5) is 24.1. The number of amides is 1. The second-order valence-electron chi connectivity index (χ2n) is 7.89. The number of sulfonamides is 1. The van der Waals surface area contributed by atoms with Gasteiger partial charge in [0.25, 0.3) is 5.91 Å². The molecule has 1 heterocycles. The molecular weight excluding hydrogens is 392 g/mol. The van der Waals surface area contributed by atoms with E-state index in [9.17, 15) is 18.0 Å². The standard InChI is InChI=1S/C21H30N2O5S/c24-20(16-28-21(25)13-8-17-6-2-1-3-7-17)22-18-9-11-19(12-10-18)29(26,27)23-14-4-5-15-23/h9-12,17H,1-8,13-16H2,(H,22,24). The molecule has 0 unspecified atom stereocenters. The van der Waals surface area contributed by atoms with E-state index in [1.807, 2.05) is 0 Å². The average Bonchev–Trinajstić information content (AvgIpc) is 3.28. The summed E-state index contributed by atoms with van der Waals surface area (Å²) in [6.07, 6.45) is 9.05. The predicted molar refractivity (Wildman–Crippen MR) is 110 cm³/mol. The Kier molecular flexibility index (Phi) is 7.66. The van der Waals surface area contributed by atoms with Crippen LogP contribution in [0.15, 0.2) is 29.2 Å². The zero-order valence-electron chi connectivity index (χ0n) is 16.8. The minimum Gasteiger partial charge on any atom is -0.456 e. The van der Waals surface area contributed by atoms with Crippen molar-refractivity contribution in [2.45, 2.75) is 62.7 Å². The SMILES string of the molecule is O=C(COC(=O)CCC1CCCCC1)Nc1ccc(S(=O)(=O)N2CCCC2)cc1. The van der Waals surface area contributed by atoms with E-state index in [-0.39, 0.29) is 17.5 Å². The van der Waals surface area contributed by atoms with Gasteiger partial charge < -0.3 is 10.1 Å². The number of hydrogen-bond donors (Lipinski definition) is 1. The number of carbonyl (C=O) groups is 2. The van der Waals surface area contributed by atoms with Crippen LogP contribution in [0.1, 0.15) is 57.8 Å². The van der Waals surface area contributed by atoms with Crippen LogP contribution < -0.4 is 5.32 Å². The Hall–Kier alpha value is -1.93. The molecule has 0 radical (unpaired) electrons. The molecule has 1 N–H and O–H groups in total. The average molecular weight is 423 g/mol. The van der Waals surface area contributed by atoms with Gasteiger partial charge in [0.1, 0.15) is 0 Å². The second kappa shape index (κ2) is 10.2. The van der Waals surface area contributed by atoms with Crippen molar-refractivity contribution in [2.24, 2.45) is 5.92 Å². The third-order valence-corrected chi connectivity index (χ3v) is 7.60. The van der Waals surface area contributed by atoms with Crippen molar-refractivity contribution in [2.75, 3.05) is 25.0 Å². The molecule has 1 saturated carbocycles. The summed E-state index contributed by atoms with van der Waals surface area (Å²) < 4.78 is 31.5. The maximum Gasteiger partial charge on any atom is 0.306 e. The first kappa shape index (κ1) is 21.8. The molecule has 1 saturated heterocycles. The minimum absolute atomic E-state index is 0.214. The lowest BCUT2D eigenvalue weighted by Gasteiger charge is -2.20. The fraction of sp³-hybridized carbons (Fsp3) is 0.619. The van der Waals surface area contributed by atoms with Gasteiger partial charge in [-0.05, 0) is 49.4 Å². The Labute approximate surface area is 172 Å². The van der Waals surface area contributed by atoms with Crippen molar-refractivity contribution in [1.82, 2.24) is 4.31 Å². The topological polar surface area (TPSA) is 92.8 Å². The van der Waals surface area contributed by atoms with E-state index in [0.29, 0.717) is 31.1 Å². The highest BCUT2D eigenvalue weighted by Crippen LogP contribution is 2.27. The van der Waals surface area contributed by atoms with Gasteiger partial charge in [-0.25, -0.2) is 8.42 Å². The van der Waals surface area contributed by atoms with E-state index in [1.165, 1.54) is 48.5 Å². The van der Waals surface area contributed by atoms with Crippen LogP contribution >= 0.6 is 0 Å². The molecule has 1 aromatic carbocycles. The van der Waals surface area contributed by atoms with E-state index in [4.69, 9.17) is 4.74 Å². The molecule has 8 heteroatoms. The molecule has 0 bridgehead atoms. The number of nitrogens with zero attached hydrogens (tertiary/aromatic N) is 1. The predicted octanol–water partition coefficient (Wildman–Crippen LogP) is 3.31. The quantitative estimate of drug-likeness (QED) is 0.649. The monoisotopic (exact) mass is 422 g/mol. The van der Waals surface area contributed by atoms with Crippen LogP contribution in [0.4, 0.5) is 5.69 Å². The molecular formula is C21H30N2O5S.